The Morgan fingerprint density at radius 1 is 0.964 bits per heavy atom. The van der Waals surface area contributed by atoms with Gasteiger partial charge in [-0.2, -0.15) is 4.57 Å². The summed E-state index contributed by atoms with van der Waals surface area (Å²) in [6.07, 6.45) is 8.10. The number of hydrogen-bond acceptors (Lipinski definition) is 2. The lowest BCUT2D eigenvalue weighted by atomic mass is 10.1. The number of aromatic nitrogens is 1. The number of aryl methyl sites for hydroxylation is 1. The zero-order valence-corrected chi connectivity index (χ0v) is 17.6. The first-order chi connectivity index (χ1) is 13.6. The van der Waals surface area contributed by atoms with Gasteiger partial charge in [0.1, 0.15) is 7.05 Å². The molecule has 0 aliphatic rings. The Morgan fingerprint density at radius 2 is 1.71 bits per heavy atom. The fourth-order valence-electron chi connectivity index (χ4n) is 3.42. The molecule has 1 heterocycles. The Labute approximate surface area is 169 Å². The molecule has 2 aromatic carbocycles. The SMILES string of the molecule is CCCCCNc1cc(/C=C/c2ccc(N(C)C)cc2)[n+](C)c2ccccc12. The van der Waals surface area contributed by atoms with Gasteiger partial charge in [0.05, 0.1) is 11.1 Å². The van der Waals surface area contributed by atoms with Crippen molar-refractivity contribution in [3.8, 4) is 0 Å². The van der Waals surface area contributed by atoms with Crippen LogP contribution in [0.25, 0.3) is 23.1 Å². The van der Waals surface area contributed by atoms with Gasteiger partial charge in [-0.05, 0) is 36.3 Å². The number of benzene rings is 2. The van der Waals surface area contributed by atoms with E-state index >= 15 is 0 Å². The standard InChI is InChI=1S/C25H31N3/c1-5-6-9-18-26-24-19-22(28(4)25-11-8-7-10-23(24)25)17-14-20-12-15-21(16-13-20)27(2)3/h7-8,10-17,19H,5-6,9,18H2,1-4H3/p+1/b17-14+. The van der Waals surface area contributed by atoms with Crippen molar-refractivity contribution in [1.82, 2.24) is 0 Å². The van der Waals surface area contributed by atoms with Crippen LogP contribution in [0.2, 0.25) is 0 Å². The molecule has 0 amide bonds. The quantitative estimate of drug-likeness (QED) is 0.414. The molecule has 0 spiro atoms. The van der Waals surface area contributed by atoms with Gasteiger partial charge >= 0.3 is 0 Å². The van der Waals surface area contributed by atoms with E-state index in [0.717, 1.165) is 6.54 Å². The maximum atomic E-state index is 3.66. The van der Waals surface area contributed by atoms with E-state index in [4.69, 9.17) is 0 Å². The van der Waals surface area contributed by atoms with Gasteiger partial charge in [0.2, 0.25) is 11.2 Å². The van der Waals surface area contributed by atoms with E-state index in [1.807, 2.05) is 0 Å². The molecule has 0 atom stereocenters. The summed E-state index contributed by atoms with van der Waals surface area (Å²) in [5, 5.41) is 4.93. The largest absolute Gasteiger partial charge is 0.384 e. The summed E-state index contributed by atoms with van der Waals surface area (Å²) < 4.78 is 2.26. The van der Waals surface area contributed by atoms with E-state index in [-0.39, 0.29) is 0 Å². The first kappa shape index (κ1) is 19.9. The highest BCUT2D eigenvalue weighted by Gasteiger charge is 2.14. The molecular weight excluding hydrogens is 342 g/mol. The van der Waals surface area contributed by atoms with Crippen molar-refractivity contribution in [2.45, 2.75) is 26.2 Å². The second kappa shape index (κ2) is 9.41. The molecule has 0 saturated heterocycles. The number of nitrogens with one attached hydrogen (secondary N) is 1. The molecule has 0 bridgehead atoms. The van der Waals surface area contributed by atoms with E-state index in [1.54, 1.807) is 0 Å². The Morgan fingerprint density at radius 3 is 2.43 bits per heavy atom. The van der Waals surface area contributed by atoms with E-state index in [2.05, 4.69) is 110 Å². The Hall–Kier alpha value is -2.81. The van der Waals surface area contributed by atoms with E-state index in [1.165, 1.54) is 52.8 Å². The van der Waals surface area contributed by atoms with Crippen molar-refractivity contribution in [2.24, 2.45) is 7.05 Å². The second-order valence-corrected chi connectivity index (χ2v) is 7.51. The number of fused-ring (bicyclic) bond motifs is 1. The molecule has 0 aliphatic carbocycles. The van der Waals surface area contributed by atoms with Crippen LogP contribution in [-0.4, -0.2) is 20.6 Å². The first-order valence-electron chi connectivity index (χ1n) is 10.2. The fraction of sp³-hybridized carbons (Fsp3) is 0.320. The van der Waals surface area contributed by atoms with Crippen molar-refractivity contribution in [2.75, 3.05) is 30.9 Å². The maximum Gasteiger partial charge on any atom is 0.214 e. The minimum absolute atomic E-state index is 1.01. The Bertz CT molecular complexity index is 940. The number of pyridine rings is 1. The third kappa shape index (κ3) is 4.72. The minimum Gasteiger partial charge on any atom is -0.384 e. The van der Waals surface area contributed by atoms with E-state index in [0.29, 0.717) is 0 Å². The average molecular weight is 375 g/mol. The molecule has 0 aliphatic heterocycles. The zero-order chi connectivity index (χ0) is 19.9. The van der Waals surface area contributed by atoms with Crippen LogP contribution >= 0.6 is 0 Å². The van der Waals surface area contributed by atoms with Crippen LogP contribution in [0.15, 0.2) is 54.6 Å². The molecule has 3 aromatic rings. The van der Waals surface area contributed by atoms with Gasteiger partial charge in [0.25, 0.3) is 0 Å². The number of nitrogens with zero attached hydrogens (tertiary/aromatic N) is 2. The number of unbranched alkanes of at least 4 members (excludes halogenated alkanes) is 2. The molecule has 1 aromatic heterocycles. The third-order valence-corrected chi connectivity index (χ3v) is 5.19. The highest BCUT2D eigenvalue weighted by molar-refractivity contribution is 5.90. The molecular formula is C25H32N3+. The van der Waals surface area contributed by atoms with E-state index in [9.17, 15) is 0 Å². The zero-order valence-electron chi connectivity index (χ0n) is 17.6. The van der Waals surface area contributed by atoms with Gasteiger partial charge in [-0.3, -0.25) is 0 Å². The monoisotopic (exact) mass is 374 g/mol. The van der Waals surface area contributed by atoms with Crippen molar-refractivity contribution in [1.29, 1.82) is 0 Å². The van der Waals surface area contributed by atoms with Crippen LogP contribution in [-0.2, 0) is 7.05 Å². The maximum absolute atomic E-state index is 3.66. The van der Waals surface area contributed by atoms with Crippen molar-refractivity contribution < 1.29 is 4.57 Å². The number of anilines is 2. The normalized spacial score (nSPS) is 11.3. The molecule has 3 rings (SSSR count). The summed E-state index contributed by atoms with van der Waals surface area (Å²) in [7, 11) is 6.27. The minimum atomic E-state index is 1.01. The van der Waals surface area contributed by atoms with Crippen LogP contribution in [0.4, 0.5) is 11.4 Å². The van der Waals surface area contributed by atoms with Crippen LogP contribution in [0.5, 0.6) is 0 Å². The topological polar surface area (TPSA) is 19.1 Å². The predicted octanol–water partition coefficient (Wildman–Crippen LogP) is 5.50. The van der Waals surface area contributed by atoms with Crippen LogP contribution in [0.3, 0.4) is 0 Å². The van der Waals surface area contributed by atoms with Gasteiger partial charge in [-0.1, -0.05) is 44.0 Å². The fourth-order valence-corrected chi connectivity index (χ4v) is 3.42. The number of para-hydroxylation sites is 1. The molecule has 3 heteroatoms. The average Bonchev–Trinajstić information content (AvgIpc) is 2.72. The van der Waals surface area contributed by atoms with Crippen molar-refractivity contribution >= 4 is 34.4 Å². The smallest absolute Gasteiger partial charge is 0.214 e. The molecule has 146 valence electrons. The molecule has 0 saturated carbocycles. The summed E-state index contributed by atoms with van der Waals surface area (Å²) in [4.78, 5) is 2.12. The van der Waals surface area contributed by atoms with Crippen LogP contribution in [0.1, 0.15) is 37.4 Å². The molecule has 0 radical (unpaired) electrons. The Balaban J connectivity index is 1.90. The van der Waals surface area contributed by atoms with Gasteiger partial charge in [0, 0.05) is 44.5 Å². The van der Waals surface area contributed by atoms with Crippen molar-refractivity contribution in [3.63, 3.8) is 0 Å². The number of rotatable bonds is 8. The van der Waals surface area contributed by atoms with E-state index < -0.39 is 0 Å². The molecule has 0 unspecified atom stereocenters. The van der Waals surface area contributed by atoms with Gasteiger partial charge in [0.15, 0.2) is 0 Å². The Kier molecular flexibility index (Phi) is 6.70. The summed E-state index contributed by atoms with van der Waals surface area (Å²) in [6.45, 7) is 3.26. The lowest BCUT2D eigenvalue weighted by Gasteiger charge is -2.12. The highest BCUT2D eigenvalue weighted by atomic mass is 15.1. The van der Waals surface area contributed by atoms with Gasteiger partial charge < -0.3 is 10.2 Å². The molecule has 1 N–H and O–H groups in total. The van der Waals surface area contributed by atoms with Gasteiger partial charge in [-0.15, -0.1) is 0 Å². The van der Waals surface area contributed by atoms with Crippen molar-refractivity contribution in [3.05, 3.63) is 65.9 Å². The third-order valence-electron chi connectivity index (χ3n) is 5.19. The molecule has 3 nitrogen and oxygen atoms in total. The summed E-state index contributed by atoms with van der Waals surface area (Å²) in [5.41, 5.74) is 6.06. The lowest BCUT2D eigenvalue weighted by Crippen LogP contribution is -2.33. The summed E-state index contributed by atoms with van der Waals surface area (Å²) >= 11 is 0. The van der Waals surface area contributed by atoms with Crippen LogP contribution < -0.4 is 14.8 Å². The first-order valence-corrected chi connectivity index (χ1v) is 10.2. The number of hydrogen-bond donors (Lipinski definition) is 1. The summed E-state index contributed by atoms with van der Waals surface area (Å²) in [6, 6.07) is 19.5. The molecule has 0 fully saturated rings. The van der Waals surface area contributed by atoms with Crippen LogP contribution in [0, 0.1) is 0 Å². The molecule has 28 heavy (non-hydrogen) atoms. The second-order valence-electron chi connectivity index (χ2n) is 7.51. The summed E-state index contributed by atoms with van der Waals surface area (Å²) in [5.74, 6) is 0. The highest BCUT2D eigenvalue weighted by Crippen LogP contribution is 2.23. The van der Waals surface area contributed by atoms with Gasteiger partial charge in [-0.25, -0.2) is 0 Å². The predicted molar refractivity (Wildman–Crippen MR) is 123 cm³/mol. The lowest BCUT2D eigenvalue weighted by molar-refractivity contribution is -0.646.